The van der Waals surface area contributed by atoms with Crippen molar-refractivity contribution in [3.63, 3.8) is 0 Å². The largest absolute Gasteiger partial charge is 0.392 e. The van der Waals surface area contributed by atoms with Gasteiger partial charge in [0, 0.05) is 6.42 Å². The first-order valence-corrected chi connectivity index (χ1v) is 4.91. The third-order valence-electron chi connectivity index (χ3n) is 1.68. The second-order valence-corrected chi connectivity index (χ2v) is 5.23. The Balaban J connectivity index is 2.87. The van der Waals surface area contributed by atoms with Gasteiger partial charge in [-0.05, 0) is 11.1 Å². The molecule has 0 heterocycles. The number of rotatable bonds is 2. The number of aliphatic hydroxyl groups is 1. The monoisotopic (exact) mass is 238 g/mol. The van der Waals surface area contributed by atoms with Crippen LogP contribution < -0.4 is 0 Å². The summed E-state index contributed by atoms with van der Waals surface area (Å²) in [5.41, 5.74) is 1.67. The van der Waals surface area contributed by atoms with Gasteiger partial charge in [0.15, 0.2) is 3.79 Å². The normalized spacial score (nSPS) is 11.7. The molecular weight excluding hydrogens is 230 g/mol. The van der Waals surface area contributed by atoms with Crippen LogP contribution >= 0.6 is 34.8 Å². The zero-order chi connectivity index (χ0) is 9.90. The highest BCUT2D eigenvalue weighted by atomic mass is 35.6. The lowest BCUT2D eigenvalue weighted by Gasteiger charge is -2.13. The molecule has 0 aromatic heterocycles. The SMILES string of the molecule is OCc1ccccc1CC(Cl)(Cl)Cl. The molecule has 1 aromatic rings. The van der Waals surface area contributed by atoms with Gasteiger partial charge in [0.1, 0.15) is 0 Å². The minimum absolute atomic E-state index is 0.0308. The minimum atomic E-state index is -1.30. The smallest absolute Gasteiger partial charge is 0.194 e. The van der Waals surface area contributed by atoms with Crippen LogP contribution in [0.25, 0.3) is 0 Å². The van der Waals surface area contributed by atoms with Gasteiger partial charge < -0.3 is 5.11 Å². The fraction of sp³-hybridized carbons (Fsp3) is 0.333. The molecule has 0 bridgehead atoms. The predicted molar refractivity (Wildman–Crippen MR) is 56.4 cm³/mol. The lowest BCUT2D eigenvalue weighted by molar-refractivity contribution is 0.280. The van der Waals surface area contributed by atoms with E-state index in [1.54, 1.807) is 0 Å². The van der Waals surface area contributed by atoms with Gasteiger partial charge in [-0.25, -0.2) is 0 Å². The number of aliphatic hydroxyl groups excluding tert-OH is 1. The summed E-state index contributed by atoms with van der Waals surface area (Å²) in [7, 11) is 0. The van der Waals surface area contributed by atoms with Crippen molar-refractivity contribution in [1.29, 1.82) is 0 Å². The standard InChI is InChI=1S/C9H9Cl3O/c10-9(11,12)5-7-3-1-2-4-8(7)6-13/h1-4,13H,5-6H2. The van der Waals surface area contributed by atoms with E-state index in [0.717, 1.165) is 11.1 Å². The highest BCUT2D eigenvalue weighted by Crippen LogP contribution is 2.31. The predicted octanol–water partition coefficient (Wildman–Crippen LogP) is 3.09. The van der Waals surface area contributed by atoms with Gasteiger partial charge in [0.05, 0.1) is 6.61 Å². The first kappa shape index (κ1) is 11.1. The van der Waals surface area contributed by atoms with Gasteiger partial charge in [-0.3, -0.25) is 0 Å². The van der Waals surface area contributed by atoms with Crippen molar-refractivity contribution in [2.24, 2.45) is 0 Å². The molecular formula is C9H9Cl3O. The van der Waals surface area contributed by atoms with Crippen molar-refractivity contribution in [1.82, 2.24) is 0 Å². The van der Waals surface area contributed by atoms with Crippen LogP contribution in [0.15, 0.2) is 24.3 Å². The molecule has 72 valence electrons. The maximum Gasteiger partial charge on any atom is 0.194 e. The molecule has 1 rings (SSSR count). The molecule has 0 fully saturated rings. The molecule has 0 amide bonds. The molecule has 0 spiro atoms. The maximum absolute atomic E-state index is 8.99. The molecule has 0 atom stereocenters. The number of alkyl halides is 3. The van der Waals surface area contributed by atoms with E-state index in [0.29, 0.717) is 6.42 Å². The van der Waals surface area contributed by atoms with Crippen LogP contribution in [0.4, 0.5) is 0 Å². The quantitative estimate of drug-likeness (QED) is 0.787. The summed E-state index contributed by atoms with van der Waals surface area (Å²) >= 11 is 16.9. The Labute approximate surface area is 92.2 Å². The average Bonchev–Trinajstić information content (AvgIpc) is 2.02. The van der Waals surface area contributed by atoms with Gasteiger partial charge in [-0.2, -0.15) is 0 Å². The molecule has 1 aromatic carbocycles. The molecule has 0 saturated heterocycles. The van der Waals surface area contributed by atoms with Crippen LogP contribution in [0.3, 0.4) is 0 Å². The summed E-state index contributed by atoms with van der Waals surface area (Å²) in [6.45, 7) is -0.0308. The highest BCUT2D eigenvalue weighted by Gasteiger charge is 2.21. The first-order chi connectivity index (χ1) is 6.03. The van der Waals surface area contributed by atoms with Crippen LogP contribution in [0.1, 0.15) is 11.1 Å². The molecule has 0 aliphatic rings. The molecule has 0 aliphatic heterocycles. The van der Waals surface area contributed by atoms with Gasteiger partial charge in [0.25, 0.3) is 0 Å². The zero-order valence-electron chi connectivity index (χ0n) is 6.80. The summed E-state index contributed by atoms with van der Waals surface area (Å²) in [4.78, 5) is 0. The highest BCUT2D eigenvalue weighted by molar-refractivity contribution is 6.67. The van der Waals surface area contributed by atoms with Gasteiger partial charge in [-0.1, -0.05) is 59.1 Å². The molecule has 0 radical (unpaired) electrons. The van der Waals surface area contributed by atoms with Crippen molar-refractivity contribution in [2.45, 2.75) is 16.8 Å². The number of halogens is 3. The van der Waals surface area contributed by atoms with E-state index in [4.69, 9.17) is 39.9 Å². The summed E-state index contributed by atoms with van der Waals surface area (Å²) < 4.78 is -1.30. The Bertz CT molecular complexity index is 280. The third kappa shape index (κ3) is 3.74. The summed E-state index contributed by atoms with van der Waals surface area (Å²) in [5, 5.41) is 8.99. The van der Waals surface area contributed by atoms with E-state index >= 15 is 0 Å². The molecule has 13 heavy (non-hydrogen) atoms. The van der Waals surface area contributed by atoms with Crippen LogP contribution in [0.2, 0.25) is 0 Å². The average molecular weight is 240 g/mol. The molecule has 0 aliphatic carbocycles. The van der Waals surface area contributed by atoms with Crippen LogP contribution in [-0.4, -0.2) is 8.90 Å². The van der Waals surface area contributed by atoms with E-state index in [1.807, 2.05) is 24.3 Å². The topological polar surface area (TPSA) is 20.2 Å². The number of hydrogen-bond donors (Lipinski definition) is 1. The molecule has 0 unspecified atom stereocenters. The number of hydrogen-bond acceptors (Lipinski definition) is 1. The van der Waals surface area contributed by atoms with Gasteiger partial charge in [0.2, 0.25) is 0 Å². The van der Waals surface area contributed by atoms with E-state index in [-0.39, 0.29) is 6.61 Å². The molecule has 1 nitrogen and oxygen atoms in total. The molecule has 4 heteroatoms. The van der Waals surface area contributed by atoms with Crippen molar-refractivity contribution in [3.8, 4) is 0 Å². The second-order valence-electron chi connectivity index (χ2n) is 2.72. The van der Waals surface area contributed by atoms with Gasteiger partial charge in [-0.15, -0.1) is 0 Å². The van der Waals surface area contributed by atoms with Crippen LogP contribution in [0.5, 0.6) is 0 Å². The fourth-order valence-electron chi connectivity index (χ4n) is 1.10. The third-order valence-corrected chi connectivity index (χ3v) is 2.08. The summed E-state index contributed by atoms with van der Waals surface area (Å²) in [5.74, 6) is 0. The van der Waals surface area contributed by atoms with Crippen LogP contribution in [0, 0.1) is 0 Å². The van der Waals surface area contributed by atoms with E-state index in [9.17, 15) is 0 Å². The molecule has 1 N–H and O–H groups in total. The summed E-state index contributed by atoms with van der Waals surface area (Å²) in [6.07, 6.45) is 0.314. The molecule has 0 saturated carbocycles. The Morgan fingerprint density at radius 3 is 2.08 bits per heavy atom. The lowest BCUT2D eigenvalue weighted by atomic mass is 10.1. The fourth-order valence-corrected chi connectivity index (χ4v) is 1.53. The first-order valence-electron chi connectivity index (χ1n) is 3.77. The van der Waals surface area contributed by atoms with E-state index in [1.165, 1.54) is 0 Å². The minimum Gasteiger partial charge on any atom is -0.392 e. The van der Waals surface area contributed by atoms with Gasteiger partial charge >= 0.3 is 0 Å². The second kappa shape index (κ2) is 4.52. The van der Waals surface area contributed by atoms with E-state index in [2.05, 4.69) is 0 Å². The Hall–Kier alpha value is 0.0500. The Morgan fingerprint density at radius 2 is 1.62 bits per heavy atom. The number of benzene rings is 1. The van der Waals surface area contributed by atoms with E-state index < -0.39 is 3.79 Å². The maximum atomic E-state index is 8.99. The van der Waals surface area contributed by atoms with Crippen molar-refractivity contribution in [3.05, 3.63) is 35.4 Å². The summed E-state index contributed by atoms with van der Waals surface area (Å²) in [6, 6.07) is 7.34. The van der Waals surface area contributed by atoms with Crippen molar-refractivity contribution >= 4 is 34.8 Å². The van der Waals surface area contributed by atoms with Crippen molar-refractivity contribution in [2.75, 3.05) is 0 Å². The van der Waals surface area contributed by atoms with Crippen molar-refractivity contribution < 1.29 is 5.11 Å². The lowest BCUT2D eigenvalue weighted by Crippen LogP contribution is -2.08. The zero-order valence-corrected chi connectivity index (χ0v) is 9.07. The van der Waals surface area contributed by atoms with Crippen LogP contribution in [-0.2, 0) is 13.0 Å². The Kier molecular flexibility index (Phi) is 3.87. The Morgan fingerprint density at radius 1 is 1.08 bits per heavy atom.